The van der Waals surface area contributed by atoms with Crippen molar-refractivity contribution in [3.63, 3.8) is 0 Å². The zero-order valence-corrected chi connectivity index (χ0v) is 19.4. The summed E-state index contributed by atoms with van der Waals surface area (Å²) in [6.07, 6.45) is 0.180. The number of nitrogens with one attached hydrogen (secondary N) is 1. The monoisotopic (exact) mass is 487 g/mol. The molecule has 6 nitrogen and oxygen atoms in total. The molecular weight excluding hydrogens is 463 g/mol. The van der Waals surface area contributed by atoms with Gasteiger partial charge in [-0.05, 0) is 44.2 Å². The first-order chi connectivity index (χ1) is 16.3. The number of amides is 1. The van der Waals surface area contributed by atoms with E-state index in [0.717, 1.165) is 52.5 Å². The summed E-state index contributed by atoms with van der Waals surface area (Å²) < 4.78 is 39.0. The van der Waals surface area contributed by atoms with Crippen LogP contribution in [0.2, 0.25) is 0 Å². The molecule has 34 heavy (non-hydrogen) atoms. The van der Waals surface area contributed by atoms with Crippen LogP contribution in [0.1, 0.15) is 58.4 Å². The Bertz CT molecular complexity index is 1210. The number of carbonyl (C=O) groups excluding carboxylic acids is 1. The molecule has 1 saturated heterocycles. The molecule has 1 saturated carbocycles. The molecule has 178 valence electrons. The summed E-state index contributed by atoms with van der Waals surface area (Å²) in [7, 11) is 0. The zero-order valence-electron chi connectivity index (χ0n) is 18.6. The van der Waals surface area contributed by atoms with Crippen molar-refractivity contribution in [1.29, 1.82) is 0 Å². The fourth-order valence-corrected chi connectivity index (χ4v) is 5.39. The molecule has 2 aliphatic rings. The zero-order chi connectivity index (χ0) is 23.9. The minimum absolute atomic E-state index is 0.0840. The first-order valence-electron chi connectivity index (χ1n) is 11.3. The van der Waals surface area contributed by atoms with Gasteiger partial charge in [0.2, 0.25) is 5.95 Å². The third-order valence-corrected chi connectivity index (χ3v) is 7.31. The Morgan fingerprint density at radius 3 is 2.74 bits per heavy atom. The molecule has 1 aliphatic carbocycles. The number of benzene rings is 1. The van der Waals surface area contributed by atoms with Crippen LogP contribution in [0.15, 0.2) is 36.5 Å². The molecule has 1 aliphatic heterocycles. The van der Waals surface area contributed by atoms with Gasteiger partial charge in [-0.3, -0.25) is 4.79 Å². The number of alkyl halides is 3. The Labute approximate surface area is 199 Å². The molecule has 5 rings (SSSR count). The van der Waals surface area contributed by atoms with Gasteiger partial charge < -0.3 is 10.2 Å². The molecule has 1 unspecified atom stereocenters. The van der Waals surface area contributed by atoms with Gasteiger partial charge in [0, 0.05) is 31.2 Å². The fraction of sp³-hybridized carbons (Fsp3) is 0.417. The normalized spacial score (nSPS) is 18.7. The number of aromatic nitrogens is 3. The highest BCUT2D eigenvalue weighted by atomic mass is 32.1. The quantitative estimate of drug-likeness (QED) is 0.513. The Kier molecular flexibility index (Phi) is 6.01. The maximum absolute atomic E-state index is 13.6. The van der Waals surface area contributed by atoms with Crippen molar-refractivity contribution in [2.45, 2.75) is 50.7 Å². The number of halogens is 3. The summed E-state index contributed by atoms with van der Waals surface area (Å²) in [6, 6.07) is 8.65. The second-order valence-corrected chi connectivity index (χ2v) is 9.90. The lowest BCUT2D eigenvalue weighted by molar-refractivity contribution is -0.141. The van der Waals surface area contributed by atoms with Crippen LogP contribution in [0, 0.1) is 6.92 Å². The van der Waals surface area contributed by atoms with E-state index in [-0.39, 0.29) is 17.9 Å². The van der Waals surface area contributed by atoms with Crippen LogP contribution in [0.25, 0.3) is 10.4 Å². The maximum Gasteiger partial charge on any atom is 0.433 e. The van der Waals surface area contributed by atoms with E-state index >= 15 is 0 Å². The Balaban J connectivity index is 1.36. The summed E-state index contributed by atoms with van der Waals surface area (Å²) >= 11 is 1.59. The third kappa shape index (κ3) is 4.91. The van der Waals surface area contributed by atoms with Crippen LogP contribution < -0.4 is 5.32 Å². The molecule has 0 spiro atoms. The number of anilines is 1. The maximum atomic E-state index is 13.6. The fourth-order valence-electron chi connectivity index (χ4n) is 4.17. The van der Waals surface area contributed by atoms with Crippen LogP contribution in [0.3, 0.4) is 0 Å². The van der Waals surface area contributed by atoms with E-state index in [1.54, 1.807) is 16.2 Å². The lowest BCUT2D eigenvalue weighted by Gasteiger charge is -2.33. The van der Waals surface area contributed by atoms with Gasteiger partial charge in [-0.25, -0.2) is 15.0 Å². The van der Waals surface area contributed by atoms with Crippen LogP contribution in [0.4, 0.5) is 19.1 Å². The van der Waals surface area contributed by atoms with Crippen molar-refractivity contribution in [3.8, 4) is 10.4 Å². The van der Waals surface area contributed by atoms with E-state index in [9.17, 15) is 18.0 Å². The van der Waals surface area contributed by atoms with Gasteiger partial charge >= 0.3 is 6.18 Å². The molecule has 0 bridgehead atoms. The van der Waals surface area contributed by atoms with Crippen molar-refractivity contribution in [1.82, 2.24) is 19.9 Å². The molecule has 2 fully saturated rings. The lowest BCUT2D eigenvalue weighted by Crippen LogP contribution is -2.45. The topological polar surface area (TPSA) is 71.0 Å². The third-order valence-electron chi connectivity index (χ3n) is 6.04. The number of hydrogen-bond donors (Lipinski definition) is 1. The van der Waals surface area contributed by atoms with Gasteiger partial charge in [0.05, 0.1) is 9.88 Å². The SMILES string of the molecule is Cc1cccc(-c2sc(C3CC3)nc2C(=O)N2CCCC(Nc3nccc(C(F)(F)F)n3)C2)c1. The van der Waals surface area contributed by atoms with E-state index in [4.69, 9.17) is 4.98 Å². The standard InChI is InChI=1S/C24H24F3N5OS/c1-14-4-2-5-16(12-14)20-19(31-21(34-20)15-7-8-15)22(33)32-11-3-6-17(13-32)29-23-28-10-9-18(30-23)24(25,26)27/h2,4-5,9-10,12,15,17H,3,6-8,11,13H2,1H3,(H,28,29,30). The van der Waals surface area contributed by atoms with Crippen molar-refractivity contribution in [2.75, 3.05) is 18.4 Å². The van der Waals surface area contributed by atoms with Gasteiger partial charge in [0.15, 0.2) is 0 Å². The van der Waals surface area contributed by atoms with Crippen LogP contribution in [-0.2, 0) is 6.18 Å². The summed E-state index contributed by atoms with van der Waals surface area (Å²) in [4.78, 5) is 28.5. The highest BCUT2D eigenvalue weighted by Crippen LogP contribution is 2.45. The molecule has 10 heteroatoms. The number of aryl methyl sites for hydroxylation is 1. The van der Waals surface area contributed by atoms with E-state index in [2.05, 4.69) is 21.4 Å². The second kappa shape index (κ2) is 8.98. The van der Waals surface area contributed by atoms with Gasteiger partial charge in [0.1, 0.15) is 11.4 Å². The second-order valence-electron chi connectivity index (χ2n) is 8.87. The molecule has 2 aromatic heterocycles. The molecule has 1 aromatic carbocycles. The van der Waals surface area contributed by atoms with Crippen LogP contribution >= 0.6 is 11.3 Å². The van der Waals surface area contributed by atoms with Gasteiger partial charge in [0.25, 0.3) is 5.91 Å². The number of hydrogen-bond acceptors (Lipinski definition) is 6. The van der Waals surface area contributed by atoms with Crippen LogP contribution in [0.5, 0.6) is 0 Å². The minimum Gasteiger partial charge on any atom is -0.350 e. The largest absolute Gasteiger partial charge is 0.433 e. The van der Waals surface area contributed by atoms with Crippen molar-refractivity contribution in [3.05, 3.63) is 58.5 Å². The minimum atomic E-state index is -4.54. The summed E-state index contributed by atoms with van der Waals surface area (Å²) in [5, 5.41) is 3.99. The van der Waals surface area contributed by atoms with Gasteiger partial charge in [-0.1, -0.05) is 29.8 Å². The number of thiazole rings is 1. The lowest BCUT2D eigenvalue weighted by atomic mass is 10.0. The van der Waals surface area contributed by atoms with Crippen molar-refractivity contribution in [2.24, 2.45) is 0 Å². The van der Waals surface area contributed by atoms with Crippen molar-refractivity contribution >= 4 is 23.2 Å². The predicted octanol–water partition coefficient (Wildman–Crippen LogP) is 5.52. The summed E-state index contributed by atoms with van der Waals surface area (Å²) in [5.74, 6) is 0.208. The Morgan fingerprint density at radius 2 is 2.00 bits per heavy atom. The molecule has 0 radical (unpaired) electrons. The van der Waals surface area contributed by atoms with E-state index in [0.29, 0.717) is 31.1 Å². The van der Waals surface area contributed by atoms with Gasteiger partial charge in [-0.2, -0.15) is 13.2 Å². The van der Waals surface area contributed by atoms with Crippen LogP contribution in [-0.4, -0.2) is 44.9 Å². The number of rotatable bonds is 5. The molecule has 1 N–H and O–H groups in total. The average Bonchev–Trinajstić information content (AvgIpc) is 3.57. The first-order valence-corrected chi connectivity index (χ1v) is 12.1. The molecule has 1 atom stereocenters. The Morgan fingerprint density at radius 1 is 1.18 bits per heavy atom. The molecule has 1 amide bonds. The smallest absolute Gasteiger partial charge is 0.350 e. The van der Waals surface area contributed by atoms with E-state index in [1.165, 1.54) is 0 Å². The Hall–Kier alpha value is -3.01. The highest BCUT2D eigenvalue weighted by molar-refractivity contribution is 7.15. The highest BCUT2D eigenvalue weighted by Gasteiger charge is 2.35. The molecule has 3 aromatic rings. The number of likely N-dealkylation sites (tertiary alicyclic amines) is 1. The number of piperidine rings is 1. The molecular formula is C24H24F3N5OS. The predicted molar refractivity (Wildman–Crippen MR) is 124 cm³/mol. The number of nitrogens with zero attached hydrogens (tertiary/aromatic N) is 4. The molecule has 3 heterocycles. The summed E-state index contributed by atoms with van der Waals surface area (Å²) in [5.41, 5.74) is 1.57. The van der Waals surface area contributed by atoms with E-state index in [1.807, 2.05) is 25.1 Å². The first kappa shape index (κ1) is 22.8. The van der Waals surface area contributed by atoms with E-state index < -0.39 is 11.9 Å². The average molecular weight is 488 g/mol. The van der Waals surface area contributed by atoms with Gasteiger partial charge in [-0.15, -0.1) is 11.3 Å². The number of carbonyl (C=O) groups is 1. The van der Waals surface area contributed by atoms with Crippen molar-refractivity contribution < 1.29 is 18.0 Å². The summed E-state index contributed by atoms with van der Waals surface area (Å²) in [6.45, 7) is 2.94.